The van der Waals surface area contributed by atoms with Crippen LogP contribution in [0, 0.1) is 0 Å². The monoisotopic (exact) mass is 384 g/mol. The second-order valence-corrected chi connectivity index (χ2v) is 6.67. The average molecular weight is 385 g/mol. The van der Waals surface area contributed by atoms with Crippen LogP contribution in [0.4, 0.5) is 5.82 Å². The van der Waals surface area contributed by atoms with Crippen molar-refractivity contribution >= 4 is 23.5 Å². The van der Waals surface area contributed by atoms with Gasteiger partial charge in [0.2, 0.25) is 5.91 Å². The highest BCUT2D eigenvalue weighted by Gasteiger charge is 2.04. The van der Waals surface area contributed by atoms with Crippen LogP contribution in [0.25, 0.3) is 11.8 Å². The lowest BCUT2D eigenvalue weighted by molar-refractivity contribution is -0.123. The molecule has 3 rings (SSSR count). The number of aromatic nitrogens is 1. The second-order valence-electron chi connectivity index (χ2n) is 6.67. The molecule has 0 aliphatic heterocycles. The van der Waals surface area contributed by atoms with E-state index in [1.807, 2.05) is 12.1 Å². The number of nitrogens with two attached hydrogens (primary N) is 2. The zero-order valence-electron chi connectivity index (χ0n) is 16.8. The van der Waals surface area contributed by atoms with Gasteiger partial charge in [0.15, 0.2) is 0 Å². The van der Waals surface area contributed by atoms with E-state index < -0.39 is 0 Å². The van der Waals surface area contributed by atoms with Gasteiger partial charge in [0.1, 0.15) is 11.6 Å². The number of anilines is 1. The molecule has 1 aliphatic carbocycles. The number of nitrogen functional groups attached to an aromatic ring is 1. The number of rotatable bonds is 3. The summed E-state index contributed by atoms with van der Waals surface area (Å²) in [5.74, 6) is 0.656. The molecule has 1 aromatic heterocycles. The van der Waals surface area contributed by atoms with E-state index in [9.17, 15) is 9.90 Å². The number of H-pyrrole nitrogens is 1. The minimum Gasteiger partial charge on any atom is -0.507 e. The highest BCUT2D eigenvalue weighted by atomic mass is 16.3. The van der Waals surface area contributed by atoms with Crippen LogP contribution in [0.5, 0.6) is 5.75 Å². The number of likely N-dealkylation sites (N-methyl/N-ethyl adjacent to an activating group) is 1. The molecule has 1 aliphatic rings. The van der Waals surface area contributed by atoms with Gasteiger partial charge in [0.25, 0.3) is 0 Å². The number of benzene rings is 1. The van der Waals surface area contributed by atoms with Gasteiger partial charge in [-0.25, -0.2) is 0 Å². The molecule has 0 spiro atoms. The van der Waals surface area contributed by atoms with Crippen molar-refractivity contribution in [2.24, 2.45) is 5.73 Å². The summed E-state index contributed by atoms with van der Waals surface area (Å²) in [5, 5.41) is 9.62. The third kappa shape index (κ3) is 8.03. The summed E-state index contributed by atoms with van der Waals surface area (Å²) in [7, 11) is 3.37. The van der Waals surface area contributed by atoms with E-state index in [2.05, 4.69) is 11.6 Å². The Kier molecular flexibility index (Phi) is 10.0. The summed E-state index contributed by atoms with van der Waals surface area (Å²) in [6, 6.07) is 8.73. The highest BCUT2D eigenvalue weighted by molar-refractivity contribution is 5.86. The van der Waals surface area contributed by atoms with Crippen molar-refractivity contribution in [3.63, 3.8) is 0 Å². The van der Waals surface area contributed by atoms with Crippen molar-refractivity contribution in [1.82, 2.24) is 9.88 Å². The normalized spacial score (nSPS) is 12.9. The van der Waals surface area contributed by atoms with E-state index in [1.54, 1.807) is 44.6 Å². The number of phenolic OH excluding ortho intramolecular Hbond substituents is 1. The Morgan fingerprint density at radius 3 is 2.11 bits per heavy atom. The molecular weight excluding hydrogens is 352 g/mol. The zero-order chi connectivity index (χ0) is 20.9. The van der Waals surface area contributed by atoms with Crippen LogP contribution in [-0.4, -0.2) is 35.0 Å². The summed E-state index contributed by atoms with van der Waals surface area (Å²) in [5.41, 5.74) is 13.5. The number of carbonyl (C=O) groups excluding carboxylic acids is 1. The number of para-hydroxylation sites is 1. The van der Waals surface area contributed by atoms with Crippen molar-refractivity contribution < 1.29 is 9.90 Å². The van der Waals surface area contributed by atoms with E-state index >= 15 is 0 Å². The Morgan fingerprint density at radius 1 is 1.14 bits per heavy atom. The molecule has 152 valence electrons. The SMILES string of the molecule is C1CCCC1.C=CC(=O)N(C)C.N/C(=C\c1cc[nH]c1N)c1ccccc1O. The smallest absolute Gasteiger partial charge is 0.245 e. The van der Waals surface area contributed by atoms with Crippen LogP contribution in [0.2, 0.25) is 0 Å². The number of nitrogens with zero attached hydrogens (tertiary/aromatic N) is 1. The molecule has 6 heteroatoms. The lowest BCUT2D eigenvalue weighted by atomic mass is 10.1. The maximum absolute atomic E-state index is 10.3. The predicted molar refractivity (Wildman–Crippen MR) is 117 cm³/mol. The van der Waals surface area contributed by atoms with Gasteiger partial charge in [-0.05, 0) is 30.4 Å². The van der Waals surface area contributed by atoms with E-state index in [4.69, 9.17) is 11.5 Å². The number of nitrogens with one attached hydrogen (secondary N) is 1. The molecule has 0 saturated heterocycles. The minimum atomic E-state index is -0.0556. The Labute approximate surface area is 167 Å². The van der Waals surface area contributed by atoms with Gasteiger partial charge in [-0.3, -0.25) is 4.79 Å². The topological polar surface area (TPSA) is 108 Å². The third-order valence-corrected chi connectivity index (χ3v) is 4.20. The first-order valence-electron chi connectivity index (χ1n) is 9.39. The first kappa shape index (κ1) is 22.9. The summed E-state index contributed by atoms with van der Waals surface area (Å²) in [6.45, 7) is 3.29. The van der Waals surface area contributed by atoms with Crippen molar-refractivity contribution in [3.05, 3.63) is 60.3 Å². The largest absolute Gasteiger partial charge is 0.507 e. The number of phenols is 1. The van der Waals surface area contributed by atoms with Gasteiger partial charge >= 0.3 is 0 Å². The maximum Gasteiger partial charge on any atom is 0.245 e. The molecule has 1 amide bonds. The summed E-state index contributed by atoms with van der Waals surface area (Å²) in [6.07, 6.45) is 12.2. The third-order valence-electron chi connectivity index (χ3n) is 4.20. The number of hydrogen-bond acceptors (Lipinski definition) is 4. The van der Waals surface area contributed by atoms with Gasteiger partial charge in [0, 0.05) is 37.1 Å². The van der Waals surface area contributed by atoms with E-state index in [1.165, 1.54) is 43.1 Å². The lowest BCUT2D eigenvalue weighted by Crippen LogP contribution is -2.18. The molecular formula is C22H32N4O2. The standard InChI is InChI=1S/C12H13N3O.C5H9NO.C5H10/c13-10(7-8-5-6-15-12(8)14)9-3-1-2-4-11(9)16;1-4-5(7)6(2)3;1-2-4-5-3-1/h1-7,15-16H,13-14H2;4H,1H2,2-3H3;1-5H2/b10-7-;;. The molecule has 1 saturated carbocycles. The summed E-state index contributed by atoms with van der Waals surface area (Å²) < 4.78 is 0. The van der Waals surface area contributed by atoms with Crippen LogP contribution < -0.4 is 11.5 Å². The Hall–Kier alpha value is -3.15. The first-order valence-corrected chi connectivity index (χ1v) is 9.39. The Morgan fingerprint density at radius 2 is 1.71 bits per heavy atom. The molecule has 28 heavy (non-hydrogen) atoms. The molecule has 0 unspecified atom stereocenters. The van der Waals surface area contributed by atoms with Crippen LogP contribution in [-0.2, 0) is 4.79 Å². The van der Waals surface area contributed by atoms with Crippen molar-refractivity contribution in [2.45, 2.75) is 32.1 Å². The van der Waals surface area contributed by atoms with Crippen molar-refractivity contribution in [1.29, 1.82) is 0 Å². The van der Waals surface area contributed by atoms with Crippen LogP contribution in [0.3, 0.4) is 0 Å². The van der Waals surface area contributed by atoms with Crippen molar-refractivity contribution in [2.75, 3.05) is 19.8 Å². The predicted octanol–water partition coefficient (Wildman–Crippen LogP) is 3.97. The highest BCUT2D eigenvalue weighted by Crippen LogP contribution is 2.24. The number of hydrogen-bond donors (Lipinski definition) is 4. The molecule has 0 atom stereocenters. The van der Waals surface area contributed by atoms with Gasteiger partial charge < -0.3 is 26.5 Å². The van der Waals surface area contributed by atoms with Crippen LogP contribution in [0.1, 0.15) is 43.2 Å². The number of carbonyl (C=O) groups is 1. The Bertz CT molecular complexity index is 767. The molecule has 6 nitrogen and oxygen atoms in total. The molecule has 1 heterocycles. The molecule has 1 fully saturated rings. The lowest BCUT2D eigenvalue weighted by Gasteiger charge is -2.04. The number of aromatic hydroxyl groups is 1. The average Bonchev–Trinajstić information content (AvgIpc) is 3.38. The quantitative estimate of drug-likeness (QED) is 0.600. The Balaban J connectivity index is 0.000000269. The number of aromatic amines is 1. The molecule has 0 radical (unpaired) electrons. The first-order chi connectivity index (χ1) is 13.4. The van der Waals surface area contributed by atoms with E-state index in [0.29, 0.717) is 17.1 Å². The molecule has 2 aromatic rings. The zero-order valence-corrected chi connectivity index (χ0v) is 16.8. The van der Waals surface area contributed by atoms with Gasteiger partial charge in [-0.15, -0.1) is 0 Å². The minimum absolute atomic E-state index is 0.0556. The molecule has 1 aromatic carbocycles. The van der Waals surface area contributed by atoms with Crippen LogP contribution in [0.15, 0.2) is 49.2 Å². The van der Waals surface area contributed by atoms with Gasteiger partial charge in [-0.1, -0.05) is 50.8 Å². The fourth-order valence-electron chi connectivity index (χ4n) is 2.55. The van der Waals surface area contributed by atoms with Crippen molar-refractivity contribution in [3.8, 4) is 5.75 Å². The van der Waals surface area contributed by atoms with Crippen LogP contribution >= 0.6 is 0 Å². The number of amides is 1. The molecule has 0 bridgehead atoms. The summed E-state index contributed by atoms with van der Waals surface area (Å²) >= 11 is 0. The summed E-state index contributed by atoms with van der Waals surface area (Å²) in [4.78, 5) is 14.6. The second kappa shape index (κ2) is 12.3. The fourth-order valence-corrected chi connectivity index (χ4v) is 2.55. The van der Waals surface area contributed by atoms with Gasteiger partial charge in [-0.2, -0.15) is 0 Å². The van der Waals surface area contributed by atoms with E-state index in [0.717, 1.165) is 5.56 Å². The maximum atomic E-state index is 10.3. The van der Waals surface area contributed by atoms with E-state index in [-0.39, 0.29) is 11.7 Å². The van der Waals surface area contributed by atoms with Gasteiger partial charge in [0.05, 0.1) is 0 Å². The molecule has 6 N–H and O–H groups in total. The fraction of sp³-hybridized carbons (Fsp3) is 0.318.